The molecule has 0 amide bonds. The van der Waals surface area contributed by atoms with Crippen LogP contribution in [-0.2, 0) is 16.0 Å². The molecule has 4 nitrogen and oxygen atoms in total. The van der Waals surface area contributed by atoms with Crippen LogP contribution in [0.1, 0.15) is 43.2 Å². The largest absolute Gasteiger partial charge is 0.240 e. The maximum absolute atomic E-state index is 10.8. The number of benzene rings is 1. The molecular formula is C16H18N2O2. The highest BCUT2D eigenvalue weighted by atomic mass is 16.1. The summed E-state index contributed by atoms with van der Waals surface area (Å²) in [6, 6.07) is 5.68. The zero-order valence-electron chi connectivity index (χ0n) is 11.7. The molecule has 20 heavy (non-hydrogen) atoms. The number of isocyanates is 2. The molecule has 1 saturated carbocycles. The monoisotopic (exact) mass is 270 g/mol. The van der Waals surface area contributed by atoms with Crippen LogP contribution < -0.4 is 0 Å². The molecule has 0 spiro atoms. The summed E-state index contributed by atoms with van der Waals surface area (Å²) in [5.74, 6) is 0. The molecule has 1 aliphatic carbocycles. The summed E-state index contributed by atoms with van der Waals surface area (Å²) in [5.41, 5.74) is 2.36. The van der Waals surface area contributed by atoms with Gasteiger partial charge in [-0.2, -0.15) is 9.98 Å². The fourth-order valence-corrected chi connectivity index (χ4v) is 3.02. The smallest absolute Gasteiger partial charge is 0.211 e. The molecule has 0 heterocycles. The topological polar surface area (TPSA) is 58.9 Å². The van der Waals surface area contributed by atoms with Gasteiger partial charge in [0.1, 0.15) is 0 Å². The van der Waals surface area contributed by atoms with Crippen molar-refractivity contribution in [3.8, 4) is 0 Å². The second kappa shape index (κ2) is 6.42. The van der Waals surface area contributed by atoms with E-state index in [0.717, 1.165) is 36.8 Å². The van der Waals surface area contributed by atoms with Gasteiger partial charge in [-0.05, 0) is 43.4 Å². The minimum absolute atomic E-state index is 0.325. The summed E-state index contributed by atoms with van der Waals surface area (Å²) in [7, 11) is 0. The van der Waals surface area contributed by atoms with Crippen molar-refractivity contribution in [1.82, 2.24) is 0 Å². The molecular weight excluding hydrogens is 252 g/mol. The van der Waals surface area contributed by atoms with Crippen LogP contribution in [0.15, 0.2) is 28.2 Å². The van der Waals surface area contributed by atoms with Crippen LogP contribution in [0.2, 0.25) is 0 Å². The Morgan fingerprint density at radius 1 is 1.15 bits per heavy atom. The Hall–Kier alpha value is -2.02. The molecule has 4 heteroatoms. The molecule has 0 N–H and O–H groups in total. The summed E-state index contributed by atoms with van der Waals surface area (Å²) >= 11 is 0. The SMILES string of the molecule is Cc1c(CC2(N=C=O)CCCCC2)cccc1N=C=O. The predicted molar refractivity (Wildman–Crippen MR) is 76.6 cm³/mol. The van der Waals surface area contributed by atoms with E-state index >= 15 is 0 Å². The van der Waals surface area contributed by atoms with E-state index in [1.807, 2.05) is 19.1 Å². The first-order valence-electron chi connectivity index (χ1n) is 6.96. The van der Waals surface area contributed by atoms with Crippen molar-refractivity contribution < 1.29 is 9.59 Å². The van der Waals surface area contributed by atoms with Crippen molar-refractivity contribution in [2.45, 2.75) is 51.0 Å². The van der Waals surface area contributed by atoms with Gasteiger partial charge in [0.2, 0.25) is 12.2 Å². The van der Waals surface area contributed by atoms with E-state index in [-0.39, 0.29) is 5.54 Å². The Labute approximate surface area is 118 Å². The third-order valence-electron chi connectivity index (χ3n) is 4.17. The Balaban J connectivity index is 2.33. The van der Waals surface area contributed by atoms with E-state index in [9.17, 15) is 9.59 Å². The molecule has 1 fully saturated rings. The first-order valence-corrected chi connectivity index (χ1v) is 6.96. The quantitative estimate of drug-likeness (QED) is 0.620. The van der Waals surface area contributed by atoms with Crippen LogP contribution >= 0.6 is 0 Å². The Bertz CT molecular complexity index is 576. The van der Waals surface area contributed by atoms with Crippen molar-refractivity contribution in [2.24, 2.45) is 9.98 Å². The summed E-state index contributed by atoms with van der Waals surface area (Å²) in [6.45, 7) is 1.94. The minimum atomic E-state index is -0.325. The molecule has 0 unspecified atom stereocenters. The summed E-state index contributed by atoms with van der Waals surface area (Å²) in [5, 5.41) is 0. The zero-order valence-corrected chi connectivity index (χ0v) is 11.7. The van der Waals surface area contributed by atoms with E-state index < -0.39 is 0 Å². The highest BCUT2D eigenvalue weighted by molar-refractivity contribution is 5.56. The van der Waals surface area contributed by atoms with Gasteiger partial charge in [-0.15, -0.1) is 0 Å². The minimum Gasteiger partial charge on any atom is -0.211 e. The number of hydrogen-bond acceptors (Lipinski definition) is 4. The van der Waals surface area contributed by atoms with Crippen LogP contribution in [0.3, 0.4) is 0 Å². The second-order valence-corrected chi connectivity index (χ2v) is 5.43. The molecule has 2 rings (SSSR count). The third kappa shape index (κ3) is 3.11. The van der Waals surface area contributed by atoms with Gasteiger partial charge in [0.05, 0.1) is 11.2 Å². The molecule has 0 saturated heterocycles. The van der Waals surface area contributed by atoms with Crippen molar-refractivity contribution in [3.05, 3.63) is 29.3 Å². The first kappa shape index (κ1) is 14.4. The maximum atomic E-state index is 10.8. The van der Waals surface area contributed by atoms with Crippen LogP contribution in [-0.4, -0.2) is 17.7 Å². The molecule has 0 bridgehead atoms. The lowest BCUT2D eigenvalue weighted by Gasteiger charge is -2.32. The van der Waals surface area contributed by atoms with E-state index in [2.05, 4.69) is 9.98 Å². The molecule has 1 aromatic rings. The first-order chi connectivity index (χ1) is 9.71. The van der Waals surface area contributed by atoms with Crippen LogP contribution in [0.4, 0.5) is 5.69 Å². The van der Waals surface area contributed by atoms with Gasteiger partial charge in [0, 0.05) is 0 Å². The zero-order chi connectivity index (χ0) is 14.4. The molecule has 0 aromatic heterocycles. The van der Waals surface area contributed by atoms with E-state index in [1.165, 1.54) is 6.42 Å². The highest BCUT2D eigenvalue weighted by Crippen LogP contribution is 2.36. The van der Waals surface area contributed by atoms with Crippen molar-refractivity contribution in [2.75, 3.05) is 0 Å². The number of carbonyl (C=O) groups excluding carboxylic acids is 2. The van der Waals surface area contributed by atoms with Gasteiger partial charge in [-0.3, -0.25) is 0 Å². The lowest BCUT2D eigenvalue weighted by Crippen LogP contribution is -2.32. The normalized spacial score (nSPS) is 16.9. The predicted octanol–water partition coefficient (Wildman–Crippen LogP) is 3.54. The highest BCUT2D eigenvalue weighted by Gasteiger charge is 2.32. The number of rotatable bonds is 4. The average molecular weight is 270 g/mol. The molecule has 1 aromatic carbocycles. The third-order valence-corrected chi connectivity index (χ3v) is 4.17. The maximum Gasteiger partial charge on any atom is 0.240 e. The van der Waals surface area contributed by atoms with Gasteiger partial charge < -0.3 is 0 Å². The summed E-state index contributed by atoms with van der Waals surface area (Å²) < 4.78 is 0. The van der Waals surface area contributed by atoms with E-state index in [4.69, 9.17) is 0 Å². The molecule has 0 atom stereocenters. The van der Waals surface area contributed by atoms with Gasteiger partial charge >= 0.3 is 0 Å². The Morgan fingerprint density at radius 2 is 1.90 bits per heavy atom. The van der Waals surface area contributed by atoms with Crippen molar-refractivity contribution in [3.63, 3.8) is 0 Å². The van der Waals surface area contributed by atoms with Crippen molar-refractivity contribution >= 4 is 17.8 Å². The van der Waals surface area contributed by atoms with Crippen molar-refractivity contribution in [1.29, 1.82) is 0 Å². The van der Waals surface area contributed by atoms with Gasteiger partial charge in [-0.1, -0.05) is 31.4 Å². The molecule has 0 aliphatic heterocycles. The lowest BCUT2D eigenvalue weighted by atomic mass is 9.77. The average Bonchev–Trinajstić information content (AvgIpc) is 2.45. The number of hydrogen-bond donors (Lipinski definition) is 0. The number of aliphatic imine (C=N–C) groups is 2. The standard InChI is InChI=1S/C16H18N2O2/c1-13-14(6-5-7-15(13)17-11-19)10-16(18-12-20)8-3-2-4-9-16/h5-7H,2-4,8-10H2,1H3. The van der Waals surface area contributed by atoms with Gasteiger partial charge in [0.15, 0.2) is 0 Å². The van der Waals surface area contributed by atoms with Gasteiger partial charge in [-0.25, -0.2) is 9.59 Å². The van der Waals surface area contributed by atoms with Crippen LogP contribution in [0.25, 0.3) is 0 Å². The van der Waals surface area contributed by atoms with E-state index in [1.54, 1.807) is 18.2 Å². The van der Waals surface area contributed by atoms with Gasteiger partial charge in [0.25, 0.3) is 0 Å². The van der Waals surface area contributed by atoms with E-state index in [0.29, 0.717) is 12.1 Å². The molecule has 0 radical (unpaired) electrons. The summed E-state index contributed by atoms with van der Waals surface area (Å²) in [6.07, 6.45) is 9.26. The Kier molecular flexibility index (Phi) is 4.62. The fourth-order valence-electron chi connectivity index (χ4n) is 3.02. The Morgan fingerprint density at radius 3 is 2.55 bits per heavy atom. The molecule has 104 valence electrons. The second-order valence-electron chi connectivity index (χ2n) is 5.43. The van der Waals surface area contributed by atoms with Crippen LogP contribution in [0.5, 0.6) is 0 Å². The summed E-state index contributed by atoms with van der Waals surface area (Å²) in [4.78, 5) is 29.0. The van der Waals surface area contributed by atoms with Crippen LogP contribution in [0, 0.1) is 6.92 Å². The number of nitrogens with zero attached hydrogens (tertiary/aromatic N) is 2. The fraction of sp³-hybridized carbons (Fsp3) is 0.500. The lowest BCUT2D eigenvalue weighted by molar-refractivity contribution is 0.295. The molecule has 1 aliphatic rings.